The first-order valence-electron chi connectivity index (χ1n) is 2.75. The first-order valence-corrected chi connectivity index (χ1v) is 2.75. The van der Waals surface area contributed by atoms with Crippen molar-refractivity contribution in [2.75, 3.05) is 6.61 Å². The zero-order valence-electron chi connectivity index (χ0n) is 5.63. The third kappa shape index (κ3) is 2.59. The summed E-state index contributed by atoms with van der Waals surface area (Å²) in [6, 6.07) is 0. The fraction of sp³-hybridized carbons (Fsp3) is 0.600. The highest BCUT2D eigenvalue weighted by Crippen LogP contribution is 2.16. The average Bonchev–Trinajstić information content (AvgIpc) is 1.98. The Hall–Kier alpha value is -0.950. The lowest BCUT2D eigenvalue weighted by atomic mass is 10.1. The van der Waals surface area contributed by atoms with E-state index in [9.17, 15) is 22.8 Å². The van der Waals surface area contributed by atoms with E-state index in [4.69, 9.17) is 10.2 Å². The van der Waals surface area contributed by atoms with E-state index < -0.39 is 30.5 Å². The fourth-order valence-electron chi connectivity index (χ4n) is 0.374. The maximum atomic E-state index is 11.4. The molecule has 1 atom stereocenters. The van der Waals surface area contributed by atoms with Gasteiger partial charge in [0.1, 0.15) is 6.10 Å². The van der Waals surface area contributed by atoms with E-state index in [0.29, 0.717) is 0 Å². The summed E-state index contributed by atoms with van der Waals surface area (Å²) in [5.41, 5.74) is 0. The number of carbonyl (C=O) groups excluding carboxylic acids is 2. The van der Waals surface area contributed by atoms with Crippen LogP contribution in [0, 0.1) is 0 Å². The number of hydrogen-bond acceptors (Lipinski definition) is 4. The van der Waals surface area contributed by atoms with Crippen molar-refractivity contribution in [1.82, 2.24) is 0 Å². The molecule has 0 aromatic heterocycles. The SMILES string of the molecule is O=C(C(=O)C(F)(F)F)[C@@H](O)CO. The van der Waals surface area contributed by atoms with Crippen LogP contribution in [0.2, 0.25) is 0 Å². The van der Waals surface area contributed by atoms with Crippen molar-refractivity contribution in [1.29, 1.82) is 0 Å². The van der Waals surface area contributed by atoms with Gasteiger partial charge in [0.2, 0.25) is 5.78 Å². The van der Waals surface area contributed by atoms with Crippen LogP contribution in [0.5, 0.6) is 0 Å². The normalized spacial score (nSPS) is 14.1. The molecule has 70 valence electrons. The molecule has 0 rings (SSSR count). The minimum absolute atomic E-state index is 1.21. The van der Waals surface area contributed by atoms with Crippen molar-refractivity contribution in [3.05, 3.63) is 0 Å². The molecular formula is C5H5F3O4. The second-order valence-electron chi connectivity index (χ2n) is 1.89. The highest BCUT2D eigenvalue weighted by atomic mass is 19.4. The van der Waals surface area contributed by atoms with Gasteiger partial charge in [0.15, 0.2) is 0 Å². The lowest BCUT2D eigenvalue weighted by Crippen LogP contribution is -2.39. The average molecular weight is 186 g/mol. The Bertz CT molecular complexity index is 197. The van der Waals surface area contributed by atoms with E-state index in [2.05, 4.69) is 0 Å². The molecule has 0 aliphatic carbocycles. The van der Waals surface area contributed by atoms with Crippen LogP contribution < -0.4 is 0 Å². The quantitative estimate of drug-likeness (QED) is 0.556. The lowest BCUT2D eigenvalue weighted by Gasteiger charge is -2.06. The van der Waals surface area contributed by atoms with Gasteiger partial charge >= 0.3 is 12.0 Å². The zero-order valence-corrected chi connectivity index (χ0v) is 5.63. The van der Waals surface area contributed by atoms with Crippen molar-refractivity contribution in [3.8, 4) is 0 Å². The maximum Gasteiger partial charge on any atom is 0.458 e. The van der Waals surface area contributed by atoms with E-state index in [0.717, 1.165) is 0 Å². The maximum absolute atomic E-state index is 11.4. The largest absolute Gasteiger partial charge is 0.458 e. The summed E-state index contributed by atoms with van der Waals surface area (Å²) in [5, 5.41) is 16.4. The molecule has 0 aromatic rings. The Morgan fingerprint density at radius 1 is 1.33 bits per heavy atom. The van der Waals surface area contributed by atoms with Gasteiger partial charge < -0.3 is 10.2 Å². The topological polar surface area (TPSA) is 74.6 Å². The Balaban J connectivity index is 4.42. The van der Waals surface area contributed by atoms with Crippen molar-refractivity contribution in [2.24, 2.45) is 0 Å². The lowest BCUT2D eigenvalue weighted by molar-refractivity contribution is -0.177. The van der Waals surface area contributed by atoms with Gasteiger partial charge in [-0.3, -0.25) is 9.59 Å². The van der Waals surface area contributed by atoms with E-state index >= 15 is 0 Å². The Labute approximate surface area is 64.6 Å². The molecule has 0 aliphatic rings. The Morgan fingerprint density at radius 2 is 1.75 bits per heavy atom. The first kappa shape index (κ1) is 11.1. The second kappa shape index (κ2) is 3.63. The first-order chi connectivity index (χ1) is 5.30. The number of halogens is 3. The molecule has 4 nitrogen and oxygen atoms in total. The number of aliphatic hydroxyl groups is 2. The van der Waals surface area contributed by atoms with Gasteiger partial charge in [-0.1, -0.05) is 0 Å². The van der Waals surface area contributed by atoms with Gasteiger partial charge in [-0.05, 0) is 0 Å². The molecule has 0 radical (unpaired) electrons. The summed E-state index contributed by atoms with van der Waals surface area (Å²) in [6.45, 7) is -1.21. The molecule has 0 unspecified atom stereocenters. The number of Topliss-reactive ketones (excluding diaryl/α,β-unsaturated/α-hetero) is 2. The summed E-state index contributed by atoms with van der Waals surface area (Å²) >= 11 is 0. The molecule has 0 aliphatic heterocycles. The van der Waals surface area contributed by atoms with Crippen LogP contribution >= 0.6 is 0 Å². The molecule has 0 saturated heterocycles. The smallest absolute Gasteiger partial charge is 0.393 e. The van der Waals surface area contributed by atoms with E-state index in [1.165, 1.54) is 0 Å². The Morgan fingerprint density at radius 3 is 2.00 bits per heavy atom. The summed E-state index contributed by atoms with van der Waals surface area (Å²) in [4.78, 5) is 20.3. The van der Waals surface area contributed by atoms with Crippen LogP contribution in [0.25, 0.3) is 0 Å². The van der Waals surface area contributed by atoms with Gasteiger partial charge in [0.05, 0.1) is 6.61 Å². The number of hydrogen-bond donors (Lipinski definition) is 2. The molecule has 0 bridgehead atoms. The number of rotatable bonds is 3. The molecule has 0 amide bonds. The van der Waals surface area contributed by atoms with Crippen LogP contribution in [0.15, 0.2) is 0 Å². The third-order valence-corrected chi connectivity index (χ3v) is 0.957. The molecule has 0 heterocycles. The summed E-state index contributed by atoms with van der Waals surface area (Å²) in [6.07, 6.45) is -7.59. The van der Waals surface area contributed by atoms with Gasteiger partial charge in [0, 0.05) is 0 Å². The minimum Gasteiger partial charge on any atom is -0.393 e. The van der Waals surface area contributed by atoms with Crippen LogP contribution in [-0.2, 0) is 9.59 Å². The molecule has 0 fully saturated rings. The van der Waals surface area contributed by atoms with Crippen LogP contribution in [0.4, 0.5) is 13.2 Å². The fourth-order valence-corrected chi connectivity index (χ4v) is 0.374. The molecular weight excluding hydrogens is 181 g/mol. The molecule has 12 heavy (non-hydrogen) atoms. The number of aliphatic hydroxyl groups excluding tert-OH is 2. The van der Waals surface area contributed by atoms with Crippen LogP contribution in [-0.4, -0.2) is 40.7 Å². The van der Waals surface area contributed by atoms with Gasteiger partial charge in [0.25, 0.3) is 0 Å². The van der Waals surface area contributed by atoms with Gasteiger partial charge in [-0.15, -0.1) is 0 Å². The summed E-state index contributed by atoms with van der Waals surface area (Å²) in [7, 11) is 0. The van der Waals surface area contributed by atoms with E-state index in [1.807, 2.05) is 0 Å². The number of ketones is 2. The second-order valence-corrected chi connectivity index (χ2v) is 1.89. The molecule has 7 heteroatoms. The monoisotopic (exact) mass is 186 g/mol. The molecule has 2 N–H and O–H groups in total. The molecule has 0 aromatic carbocycles. The van der Waals surface area contributed by atoms with Crippen LogP contribution in [0.1, 0.15) is 0 Å². The van der Waals surface area contributed by atoms with Crippen molar-refractivity contribution < 1.29 is 33.0 Å². The predicted octanol–water partition coefficient (Wildman–Crippen LogP) is -0.960. The van der Waals surface area contributed by atoms with Crippen molar-refractivity contribution in [2.45, 2.75) is 12.3 Å². The number of carbonyl (C=O) groups is 2. The minimum atomic E-state index is -5.30. The van der Waals surface area contributed by atoms with Crippen molar-refractivity contribution >= 4 is 11.6 Å². The Kier molecular flexibility index (Phi) is 3.35. The highest BCUT2D eigenvalue weighted by molar-refractivity contribution is 6.40. The van der Waals surface area contributed by atoms with Gasteiger partial charge in [-0.25, -0.2) is 0 Å². The third-order valence-electron chi connectivity index (χ3n) is 0.957. The van der Waals surface area contributed by atoms with Crippen molar-refractivity contribution in [3.63, 3.8) is 0 Å². The standard InChI is InChI=1S/C5H5F3O4/c6-5(7,8)4(12)3(11)2(10)1-9/h2,9-10H,1H2/t2-/m0/s1. The molecule has 0 spiro atoms. The van der Waals surface area contributed by atoms with E-state index in [1.54, 1.807) is 0 Å². The van der Waals surface area contributed by atoms with Gasteiger partial charge in [-0.2, -0.15) is 13.2 Å². The highest BCUT2D eigenvalue weighted by Gasteiger charge is 2.45. The summed E-state index contributed by atoms with van der Waals surface area (Å²) < 4.78 is 34.3. The zero-order chi connectivity index (χ0) is 9.94. The molecule has 0 saturated carbocycles. The predicted molar refractivity (Wildman–Crippen MR) is 29.2 cm³/mol. The van der Waals surface area contributed by atoms with E-state index in [-0.39, 0.29) is 0 Å². The van der Waals surface area contributed by atoms with Crippen LogP contribution in [0.3, 0.4) is 0 Å². The number of alkyl halides is 3. The summed E-state index contributed by atoms with van der Waals surface area (Å²) in [5.74, 6) is -4.71.